The molecule has 0 aliphatic carbocycles. The number of rotatable bonds is 3. The van der Waals surface area contributed by atoms with Crippen LogP contribution in [0.5, 0.6) is 6.01 Å². The Morgan fingerprint density at radius 3 is 3.10 bits per heavy atom. The summed E-state index contributed by atoms with van der Waals surface area (Å²) in [5.41, 5.74) is 5.22. The van der Waals surface area contributed by atoms with Gasteiger partial charge in [0.05, 0.1) is 0 Å². The Bertz CT molecular complexity index is 219. The molecule has 10 heavy (non-hydrogen) atoms. The van der Waals surface area contributed by atoms with E-state index in [9.17, 15) is 0 Å². The van der Waals surface area contributed by atoms with Crippen molar-refractivity contribution < 1.29 is 4.74 Å². The molecule has 0 amide bonds. The highest BCUT2D eigenvalue weighted by atomic mass is 16.5. The first-order valence-corrected chi connectivity index (χ1v) is 2.74. The smallest absolute Gasteiger partial charge is 0.337 e. The molecule has 1 aromatic rings. The second kappa shape index (κ2) is 2.86. The molecule has 0 saturated carbocycles. The van der Waals surface area contributed by atoms with Gasteiger partial charge in [-0.25, -0.2) is 5.10 Å². The molecular weight excluding hydrogens is 132 g/mol. The van der Waals surface area contributed by atoms with Crippen LogP contribution in [-0.4, -0.2) is 21.8 Å². The normalized spacial score (nSPS) is 9.20. The van der Waals surface area contributed by atoms with E-state index in [1.54, 1.807) is 6.08 Å². The van der Waals surface area contributed by atoms with Gasteiger partial charge in [-0.15, -0.1) is 5.10 Å². The lowest BCUT2D eigenvalue weighted by molar-refractivity contribution is 0.335. The molecule has 1 heterocycles. The van der Waals surface area contributed by atoms with Crippen LogP contribution in [0.25, 0.3) is 0 Å². The van der Waals surface area contributed by atoms with Crippen molar-refractivity contribution >= 4 is 5.95 Å². The van der Waals surface area contributed by atoms with Gasteiger partial charge in [0.1, 0.15) is 6.61 Å². The fourth-order valence-electron chi connectivity index (χ4n) is 0.456. The van der Waals surface area contributed by atoms with E-state index in [1.807, 2.05) is 0 Å². The molecule has 0 aromatic carbocycles. The average Bonchev–Trinajstić information content (AvgIpc) is 2.31. The van der Waals surface area contributed by atoms with Gasteiger partial charge in [-0.3, -0.25) is 0 Å². The van der Waals surface area contributed by atoms with Crippen LogP contribution in [0.2, 0.25) is 0 Å². The van der Waals surface area contributed by atoms with Crippen molar-refractivity contribution in [1.29, 1.82) is 0 Å². The van der Waals surface area contributed by atoms with Gasteiger partial charge >= 0.3 is 6.01 Å². The topological polar surface area (TPSA) is 76.8 Å². The minimum Gasteiger partial charge on any atom is -0.458 e. The predicted octanol–water partition coefficient (Wildman–Crippen LogP) is -0.0483. The van der Waals surface area contributed by atoms with E-state index >= 15 is 0 Å². The summed E-state index contributed by atoms with van der Waals surface area (Å²) >= 11 is 0. The van der Waals surface area contributed by atoms with Crippen molar-refractivity contribution in [2.75, 3.05) is 12.3 Å². The number of nitrogens with one attached hydrogen (secondary N) is 1. The second-order valence-electron chi connectivity index (χ2n) is 1.60. The van der Waals surface area contributed by atoms with Crippen LogP contribution in [0.1, 0.15) is 0 Å². The zero-order chi connectivity index (χ0) is 7.40. The van der Waals surface area contributed by atoms with E-state index in [4.69, 9.17) is 10.5 Å². The van der Waals surface area contributed by atoms with Crippen molar-refractivity contribution in [2.45, 2.75) is 0 Å². The lowest BCUT2D eigenvalue weighted by Crippen LogP contribution is -1.94. The SMILES string of the molecule is C=CCOc1n[nH]c(N)n1. The number of aromatic nitrogens is 3. The van der Waals surface area contributed by atoms with Crippen LogP contribution < -0.4 is 10.5 Å². The van der Waals surface area contributed by atoms with E-state index in [0.29, 0.717) is 6.61 Å². The molecule has 5 nitrogen and oxygen atoms in total. The number of hydrogen-bond acceptors (Lipinski definition) is 4. The van der Waals surface area contributed by atoms with Gasteiger partial charge in [0, 0.05) is 0 Å². The number of nitrogens with zero attached hydrogens (tertiary/aromatic N) is 2. The van der Waals surface area contributed by atoms with Gasteiger partial charge in [-0.1, -0.05) is 12.7 Å². The molecule has 0 saturated heterocycles. The molecule has 0 unspecified atom stereocenters. The molecule has 0 radical (unpaired) electrons. The number of anilines is 1. The van der Waals surface area contributed by atoms with Gasteiger partial charge in [-0.05, 0) is 0 Å². The molecule has 1 rings (SSSR count). The second-order valence-corrected chi connectivity index (χ2v) is 1.60. The van der Waals surface area contributed by atoms with Crippen molar-refractivity contribution in [2.24, 2.45) is 0 Å². The summed E-state index contributed by atoms with van der Waals surface area (Å²) in [7, 11) is 0. The largest absolute Gasteiger partial charge is 0.458 e. The molecular formula is C5H8N4O. The highest BCUT2D eigenvalue weighted by Crippen LogP contribution is 2.00. The summed E-state index contributed by atoms with van der Waals surface area (Å²) in [4.78, 5) is 3.69. The number of H-pyrrole nitrogens is 1. The molecule has 0 aliphatic heterocycles. The zero-order valence-electron chi connectivity index (χ0n) is 5.37. The lowest BCUT2D eigenvalue weighted by atomic mass is 10.7. The molecule has 5 heteroatoms. The summed E-state index contributed by atoms with van der Waals surface area (Å²) in [6.45, 7) is 3.85. The summed E-state index contributed by atoms with van der Waals surface area (Å²) < 4.78 is 4.92. The maximum absolute atomic E-state index is 5.22. The molecule has 3 N–H and O–H groups in total. The first kappa shape index (κ1) is 6.60. The minimum atomic E-state index is 0.248. The minimum absolute atomic E-state index is 0.248. The van der Waals surface area contributed by atoms with E-state index in [1.165, 1.54) is 0 Å². The Balaban J connectivity index is 2.49. The predicted molar refractivity (Wildman–Crippen MR) is 36.5 cm³/mol. The van der Waals surface area contributed by atoms with Crippen molar-refractivity contribution in [3.63, 3.8) is 0 Å². The Hall–Kier alpha value is -1.52. The van der Waals surface area contributed by atoms with Gasteiger partial charge < -0.3 is 10.5 Å². The average molecular weight is 140 g/mol. The molecule has 0 aliphatic rings. The summed E-state index contributed by atoms with van der Waals surface area (Å²) in [5.74, 6) is 0.249. The molecule has 0 fully saturated rings. The van der Waals surface area contributed by atoms with E-state index in [0.717, 1.165) is 0 Å². The molecule has 0 spiro atoms. The zero-order valence-corrected chi connectivity index (χ0v) is 5.37. The van der Waals surface area contributed by atoms with Crippen LogP contribution in [0, 0.1) is 0 Å². The monoisotopic (exact) mass is 140 g/mol. The van der Waals surface area contributed by atoms with Crippen molar-refractivity contribution in [3.05, 3.63) is 12.7 Å². The van der Waals surface area contributed by atoms with E-state index in [2.05, 4.69) is 21.8 Å². The van der Waals surface area contributed by atoms with Crippen LogP contribution in [0.15, 0.2) is 12.7 Å². The summed E-state index contributed by atoms with van der Waals surface area (Å²) in [6, 6.07) is 0.248. The molecule has 1 aromatic heterocycles. The number of ether oxygens (including phenoxy) is 1. The lowest BCUT2D eigenvalue weighted by Gasteiger charge is -1.91. The van der Waals surface area contributed by atoms with E-state index in [-0.39, 0.29) is 12.0 Å². The van der Waals surface area contributed by atoms with Crippen LogP contribution in [0.4, 0.5) is 5.95 Å². The highest BCUT2D eigenvalue weighted by Gasteiger charge is 1.96. The fourth-order valence-corrected chi connectivity index (χ4v) is 0.456. The quantitative estimate of drug-likeness (QED) is 0.577. The Labute approximate surface area is 57.9 Å². The molecule has 0 atom stereocenters. The Morgan fingerprint density at radius 1 is 1.80 bits per heavy atom. The Kier molecular flexibility index (Phi) is 1.89. The third kappa shape index (κ3) is 1.48. The van der Waals surface area contributed by atoms with Crippen LogP contribution in [-0.2, 0) is 0 Å². The molecule has 54 valence electrons. The first-order chi connectivity index (χ1) is 4.83. The standard InChI is InChI=1S/C5H8N4O/c1-2-3-10-5-7-4(6)8-9-5/h2H,1,3H2,(H3,6,7,8,9). The first-order valence-electron chi connectivity index (χ1n) is 2.74. The van der Waals surface area contributed by atoms with Gasteiger partial charge in [0.25, 0.3) is 0 Å². The van der Waals surface area contributed by atoms with Gasteiger partial charge in [0.2, 0.25) is 5.95 Å². The maximum atomic E-state index is 5.22. The number of nitrogens with two attached hydrogens (primary N) is 1. The summed E-state index contributed by atoms with van der Waals surface area (Å²) in [5, 5.41) is 6.06. The summed E-state index contributed by atoms with van der Waals surface area (Å²) in [6.07, 6.45) is 1.60. The number of aromatic amines is 1. The fraction of sp³-hybridized carbons (Fsp3) is 0.200. The molecule has 0 bridgehead atoms. The maximum Gasteiger partial charge on any atom is 0.337 e. The third-order valence-electron chi connectivity index (χ3n) is 0.812. The highest BCUT2D eigenvalue weighted by molar-refractivity contribution is 5.14. The van der Waals surface area contributed by atoms with E-state index < -0.39 is 0 Å². The van der Waals surface area contributed by atoms with Crippen LogP contribution >= 0.6 is 0 Å². The van der Waals surface area contributed by atoms with Crippen molar-refractivity contribution in [3.8, 4) is 6.01 Å². The number of nitrogen functional groups attached to an aromatic ring is 1. The third-order valence-corrected chi connectivity index (χ3v) is 0.812. The number of hydrogen-bond donors (Lipinski definition) is 2. The Morgan fingerprint density at radius 2 is 2.60 bits per heavy atom. The van der Waals surface area contributed by atoms with Crippen LogP contribution in [0.3, 0.4) is 0 Å². The van der Waals surface area contributed by atoms with Gasteiger partial charge in [-0.2, -0.15) is 4.98 Å². The van der Waals surface area contributed by atoms with Crippen molar-refractivity contribution in [1.82, 2.24) is 15.2 Å². The van der Waals surface area contributed by atoms with Gasteiger partial charge in [0.15, 0.2) is 0 Å².